The highest BCUT2D eigenvalue weighted by Gasteiger charge is 2.28. The molecule has 120 valence electrons. The van der Waals surface area contributed by atoms with Crippen LogP contribution >= 0.6 is 11.3 Å². The molecule has 7 heteroatoms. The van der Waals surface area contributed by atoms with Crippen LogP contribution in [0.15, 0.2) is 16.5 Å². The van der Waals surface area contributed by atoms with Gasteiger partial charge in [0.25, 0.3) is 5.19 Å². The first-order chi connectivity index (χ1) is 10.8. The molecule has 6 nitrogen and oxygen atoms in total. The van der Waals surface area contributed by atoms with Crippen LogP contribution in [0.2, 0.25) is 0 Å². The Hall–Kier alpha value is -1.44. The van der Waals surface area contributed by atoms with E-state index in [1.807, 2.05) is 13.0 Å². The molecule has 0 unspecified atom stereocenters. The van der Waals surface area contributed by atoms with E-state index >= 15 is 0 Å². The summed E-state index contributed by atoms with van der Waals surface area (Å²) in [6, 6.07) is 4.23. The summed E-state index contributed by atoms with van der Waals surface area (Å²) in [6.07, 6.45) is 0.904. The van der Waals surface area contributed by atoms with Crippen molar-refractivity contribution in [2.75, 3.05) is 26.4 Å². The number of morpholine rings is 1. The molecule has 3 heterocycles. The number of rotatable bonds is 6. The van der Waals surface area contributed by atoms with E-state index in [4.69, 9.17) is 13.9 Å². The SMILES string of the molecule is CCOc1nnc(CN2CCOC[C@H]2c2ccc(CC)o2)s1. The summed E-state index contributed by atoms with van der Waals surface area (Å²) >= 11 is 1.50. The van der Waals surface area contributed by atoms with Crippen LogP contribution in [0.25, 0.3) is 0 Å². The lowest BCUT2D eigenvalue weighted by Crippen LogP contribution is -2.38. The molecule has 0 aromatic carbocycles. The number of aromatic nitrogens is 2. The molecule has 2 aromatic rings. The maximum atomic E-state index is 5.91. The molecule has 0 aliphatic carbocycles. The summed E-state index contributed by atoms with van der Waals surface area (Å²) in [6.45, 7) is 7.62. The molecule has 2 aromatic heterocycles. The van der Waals surface area contributed by atoms with Gasteiger partial charge in [0.05, 0.1) is 32.4 Å². The Balaban J connectivity index is 1.71. The van der Waals surface area contributed by atoms with Crippen molar-refractivity contribution in [2.45, 2.75) is 32.9 Å². The molecule has 0 saturated carbocycles. The third kappa shape index (κ3) is 3.48. The van der Waals surface area contributed by atoms with E-state index in [1.165, 1.54) is 11.3 Å². The second kappa shape index (κ2) is 7.21. The van der Waals surface area contributed by atoms with Crippen LogP contribution in [0.3, 0.4) is 0 Å². The first-order valence-corrected chi connectivity index (χ1v) is 8.47. The highest BCUT2D eigenvalue weighted by Crippen LogP contribution is 2.29. The van der Waals surface area contributed by atoms with Gasteiger partial charge in [0.1, 0.15) is 16.5 Å². The Morgan fingerprint density at radius 2 is 2.27 bits per heavy atom. The Bertz CT molecular complexity index is 598. The van der Waals surface area contributed by atoms with Crippen LogP contribution in [0.1, 0.15) is 36.4 Å². The molecule has 0 amide bonds. The lowest BCUT2D eigenvalue weighted by atomic mass is 10.2. The Labute approximate surface area is 134 Å². The second-order valence-corrected chi connectivity index (χ2v) is 6.14. The van der Waals surface area contributed by atoms with E-state index in [9.17, 15) is 0 Å². The van der Waals surface area contributed by atoms with Crippen molar-refractivity contribution < 1.29 is 13.9 Å². The quantitative estimate of drug-likeness (QED) is 0.814. The number of nitrogens with zero attached hydrogens (tertiary/aromatic N) is 3. The minimum atomic E-state index is 0.133. The first kappa shape index (κ1) is 15.5. The molecular formula is C15H21N3O3S. The lowest BCUT2D eigenvalue weighted by molar-refractivity contribution is -0.0206. The predicted octanol–water partition coefficient (Wildman–Crippen LogP) is 2.67. The van der Waals surface area contributed by atoms with Gasteiger partial charge in [-0.3, -0.25) is 4.90 Å². The topological polar surface area (TPSA) is 60.6 Å². The Morgan fingerprint density at radius 3 is 3.05 bits per heavy atom. The average molecular weight is 323 g/mol. The number of ether oxygens (including phenoxy) is 2. The summed E-state index contributed by atoms with van der Waals surface area (Å²) in [5, 5.41) is 9.85. The van der Waals surface area contributed by atoms with Crippen molar-refractivity contribution in [1.82, 2.24) is 15.1 Å². The fourth-order valence-electron chi connectivity index (χ4n) is 2.51. The van der Waals surface area contributed by atoms with Gasteiger partial charge in [0.2, 0.25) is 0 Å². The third-order valence-electron chi connectivity index (χ3n) is 3.65. The van der Waals surface area contributed by atoms with Gasteiger partial charge in [-0.25, -0.2) is 0 Å². The highest BCUT2D eigenvalue weighted by molar-refractivity contribution is 7.13. The van der Waals surface area contributed by atoms with Crippen LogP contribution in [0.5, 0.6) is 5.19 Å². The van der Waals surface area contributed by atoms with E-state index < -0.39 is 0 Å². The van der Waals surface area contributed by atoms with E-state index in [0.717, 1.165) is 42.6 Å². The zero-order valence-corrected chi connectivity index (χ0v) is 13.8. The number of aryl methyl sites for hydroxylation is 1. The molecule has 1 atom stereocenters. The van der Waals surface area contributed by atoms with Crippen molar-refractivity contribution in [1.29, 1.82) is 0 Å². The average Bonchev–Trinajstić information content (AvgIpc) is 3.18. The van der Waals surface area contributed by atoms with Crippen molar-refractivity contribution in [3.05, 3.63) is 28.7 Å². The molecule has 1 fully saturated rings. The third-order valence-corrected chi connectivity index (χ3v) is 4.47. The summed E-state index contributed by atoms with van der Waals surface area (Å²) in [5.74, 6) is 1.97. The van der Waals surface area contributed by atoms with Crippen molar-refractivity contribution in [3.8, 4) is 5.19 Å². The molecule has 1 aliphatic rings. The smallest absolute Gasteiger partial charge is 0.294 e. The standard InChI is InChI=1S/C15H21N3O3S/c1-3-11-5-6-13(21-11)12-10-19-8-7-18(12)9-14-16-17-15(22-14)20-4-2/h5-6,12H,3-4,7-10H2,1-2H3/t12-/m0/s1. The normalized spacial score (nSPS) is 19.5. The van der Waals surface area contributed by atoms with Crippen molar-refractivity contribution in [2.24, 2.45) is 0 Å². The summed E-state index contributed by atoms with van der Waals surface area (Å²) in [7, 11) is 0. The molecule has 0 spiro atoms. The molecule has 22 heavy (non-hydrogen) atoms. The number of hydrogen-bond acceptors (Lipinski definition) is 7. The van der Waals surface area contributed by atoms with Gasteiger partial charge < -0.3 is 13.9 Å². The van der Waals surface area contributed by atoms with E-state index in [0.29, 0.717) is 18.4 Å². The summed E-state index contributed by atoms with van der Waals surface area (Å²) < 4.78 is 16.9. The van der Waals surface area contributed by atoms with Gasteiger partial charge in [0, 0.05) is 13.0 Å². The van der Waals surface area contributed by atoms with Crippen molar-refractivity contribution >= 4 is 11.3 Å². The van der Waals surface area contributed by atoms with Gasteiger partial charge in [-0.1, -0.05) is 18.3 Å². The Morgan fingerprint density at radius 1 is 1.36 bits per heavy atom. The van der Waals surface area contributed by atoms with Gasteiger partial charge in [-0.05, 0) is 19.1 Å². The molecule has 0 radical (unpaired) electrons. The molecule has 1 aliphatic heterocycles. The van der Waals surface area contributed by atoms with Crippen LogP contribution in [0, 0.1) is 0 Å². The maximum absolute atomic E-state index is 5.91. The second-order valence-electron chi connectivity index (χ2n) is 5.11. The van der Waals surface area contributed by atoms with Crippen molar-refractivity contribution in [3.63, 3.8) is 0 Å². The molecule has 3 rings (SSSR count). The minimum absolute atomic E-state index is 0.133. The fourth-order valence-corrected chi connectivity index (χ4v) is 3.28. The van der Waals surface area contributed by atoms with Gasteiger partial charge in [0.15, 0.2) is 0 Å². The zero-order valence-electron chi connectivity index (χ0n) is 12.9. The number of hydrogen-bond donors (Lipinski definition) is 0. The number of furan rings is 1. The lowest BCUT2D eigenvalue weighted by Gasteiger charge is -2.33. The predicted molar refractivity (Wildman–Crippen MR) is 83.1 cm³/mol. The minimum Gasteiger partial charge on any atom is -0.469 e. The maximum Gasteiger partial charge on any atom is 0.294 e. The fraction of sp³-hybridized carbons (Fsp3) is 0.600. The molecule has 1 saturated heterocycles. The summed E-state index contributed by atoms with van der Waals surface area (Å²) in [5.41, 5.74) is 0. The van der Waals surface area contributed by atoms with E-state index in [2.05, 4.69) is 28.1 Å². The monoisotopic (exact) mass is 323 g/mol. The summed E-state index contributed by atoms with van der Waals surface area (Å²) in [4.78, 5) is 2.33. The van der Waals surface area contributed by atoms with Gasteiger partial charge >= 0.3 is 0 Å². The van der Waals surface area contributed by atoms with Gasteiger partial charge in [-0.15, -0.1) is 10.2 Å². The molecular weight excluding hydrogens is 302 g/mol. The van der Waals surface area contributed by atoms with Crippen LogP contribution in [0.4, 0.5) is 0 Å². The first-order valence-electron chi connectivity index (χ1n) is 7.65. The molecule has 0 N–H and O–H groups in total. The van der Waals surface area contributed by atoms with Crippen LogP contribution in [-0.2, 0) is 17.7 Å². The van der Waals surface area contributed by atoms with E-state index in [-0.39, 0.29) is 6.04 Å². The zero-order chi connectivity index (χ0) is 15.4. The largest absolute Gasteiger partial charge is 0.469 e. The van der Waals surface area contributed by atoms with Crippen LogP contribution in [-0.4, -0.2) is 41.5 Å². The van der Waals surface area contributed by atoms with E-state index in [1.54, 1.807) is 0 Å². The highest BCUT2D eigenvalue weighted by atomic mass is 32.1. The van der Waals surface area contributed by atoms with Crippen LogP contribution < -0.4 is 4.74 Å². The Kier molecular flexibility index (Phi) is 5.07. The van der Waals surface area contributed by atoms with Gasteiger partial charge in [-0.2, -0.15) is 0 Å². The molecule has 0 bridgehead atoms.